The van der Waals surface area contributed by atoms with Crippen LogP contribution in [0.25, 0.3) is 0 Å². The Kier molecular flexibility index (Phi) is 6.88. The van der Waals surface area contributed by atoms with Crippen molar-refractivity contribution in [3.63, 3.8) is 0 Å². The number of hydrogen-bond donors (Lipinski definition) is 1. The summed E-state index contributed by atoms with van der Waals surface area (Å²) in [6.07, 6.45) is 0.973. The quantitative estimate of drug-likeness (QED) is 0.802. The number of Topliss-reactive ketones (excluding diaryl/α,β-unsaturated/α-hetero) is 1. The van der Waals surface area contributed by atoms with Crippen molar-refractivity contribution in [2.24, 2.45) is 0 Å². The second-order valence-electron chi connectivity index (χ2n) is 6.33. The number of hydrogen-bond acceptors (Lipinski definition) is 3. The van der Waals surface area contributed by atoms with Crippen LogP contribution in [0.1, 0.15) is 44.7 Å². The van der Waals surface area contributed by atoms with Gasteiger partial charge in [-0.1, -0.05) is 23.7 Å². The first-order valence-electron chi connectivity index (χ1n) is 7.41. The Morgan fingerprint density at radius 2 is 1.95 bits per heavy atom. The van der Waals surface area contributed by atoms with Crippen LogP contribution < -0.4 is 5.32 Å². The second kappa shape index (κ2) is 8.18. The first-order chi connectivity index (χ1) is 10.2. The molecule has 1 rings (SSSR count). The molecule has 0 bridgehead atoms. The molecule has 0 aliphatic rings. The summed E-state index contributed by atoms with van der Waals surface area (Å²) in [6, 6.07) is 5.61. The maximum Gasteiger partial charge on any atom is 0.407 e. The van der Waals surface area contributed by atoms with Gasteiger partial charge in [0.15, 0.2) is 0 Å². The van der Waals surface area contributed by atoms with Crippen LogP contribution in [0.15, 0.2) is 18.2 Å². The minimum atomic E-state index is -0.508. The van der Waals surface area contributed by atoms with E-state index in [2.05, 4.69) is 5.32 Å². The normalized spacial score (nSPS) is 11.1. The van der Waals surface area contributed by atoms with Crippen molar-refractivity contribution < 1.29 is 14.3 Å². The van der Waals surface area contributed by atoms with E-state index in [9.17, 15) is 9.59 Å². The predicted molar refractivity (Wildman–Crippen MR) is 88.4 cm³/mol. The number of benzene rings is 1. The Bertz CT molecular complexity index is 535. The maximum atomic E-state index is 11.9. The summed E-state index contributed by atoms with van der Waals surface area (Å²) in [4.78, 5) is 23.3. The minimum Gasteiger partial charge on any atom is -0.444 e. The molecule has 0 saturated carbocycles. The standard InChI is InChI=1S/C17H24ClNO3/c1-12-10-13(7-8-15(12)18)11-14(20)6-5-9-19-16(21)22-17(2,3)4/h7-8,10H,5-6,9,11H2,1-4H3,(H,19,21). The molecule has 0 saturated heterocycles. The number of ether oxygens (including phenoxy) is 1. The highest BCUT2D eigenvalue weighted by atomic mass is 35.5. The number of carbonyl (C=O) groups excluding carboxylic acids is 2. The van der Waals surface area contributed by atoms with E-state index < -0.39 is 11.7 Å². The third-order valence-corrected chi connectivity index (χ3v) is 3.35. The number of amides is 1. The highest BCUT2D eigenvalue weighted by Gasteiger charge is 2.15. The lowest BCUT2D eigenvalue weighted by atomic mass is 10.0. The van der Waals surface area contributed by atoms with Gasteiger partial charge in [0.1, 0.15) is 11.4 Å². The van der Waals surface area contributed by atoms with Gasteiger partial charge in [-0.25, -0.2) is 4.79 Å². The van der Waals surface area contributed by atoms with Gasteiger partial charge in [0.25, 0.3) is 0 Å². The Morgan fingerprint density at radius 3 is 2.55 bits per heavy atom. The van der Waals surface area contributed by atoms with Crippen LogP contribution in [0.4, 0.5) is 4.79 Å². The van der Waals surface area contributed by atoms with Crippen LogP contribution in [0, 0.1) is 6.92 Å². The van der Waals surface area contributed by atoms with Gasteiger partial charge in [0.2, 0.25) is 0 Å². The van der Waals surface area contributed by atoms with E-state index in [1.54, 1.807) is 0 Å². The van der Waals surface area contributed by atoms with Crippen LogP contribution in [-0.4, -0.2) is 24.0 Å². The van der Waals surface area contributed by atoms with E-state index in [4.69, 9.17) is 16.3 Å². The van der Waals surface area contributed by atoms with Crippen molar-refractivity contribution in [1.29, 1.82) is 0 Å². The third kappa shape index (κ3) is 7.46. The highest BCUT2D eigenvalue weighted by molar-refractivity contribution is 6.31. The molecule has 1 N–H and O–H groups in total. The molecule has 4 nitrogen and oxygen atoms in total. The molecule has 0 aliphatic carbocycles. The van der Waals surface area contributed by atoms with Gasteiger partial charge in [-0.3, -0.25) is 4.79 Å². The summed E-state index contributed by atoms with van der Waals surface area (Å²) in [5.74, 6) is 0.146. The van der Waals surface area contributed by atoms with Gasteiger partial charge in [0.05, 0.1) is 0 Å². The van der Waals surface area contributed by atoms with Crippen LogP contribution in [0.5, 0.6) is 0 Å². The molecule has 0 heterocycles. The van der Waals surface area contributed by atoms with Crippen molar-refractivity contribution in [2.75, 3.05) is 6.54 Å². The molecule has 0 radical (unpaired) electrons. The van der Waals surface area contributed by atoms with E-state index in [0.717, 1.165) is 11.1 Å². The molecular formula is C17H24ClNO3. The van der Waals surface area contributed by atoms with Crippen LogP contribution in [0.2, 0.25) is 5.02 Å². The van der Waals surface area contributed by atoms with Gasteiger partial charge < -0.3 is 10.1 Å². The molecule has 22 heavy (non-hydrogen) atoms. The van der Waals surface area contributed by atoms with E-state index in [-0.39, 0.29) is 5.78 Å². The molecule has 1 aromatic carbocycles. The summed E-state index contributed by atoms with van der Waals surface area (Å²) in [5.41, 5.74) is 1.43. The van der Waals surface area contributed by atoms with E-state index in [1.165, 1.54) is 0 Å². The summed E-state index contributed by atoms with van der Waals surface area (Å²) >= 11 is 5.96. The molecule has 1 aromatic rings. The topological polar surface area (TPSA) is 55.4 Å². The first-order valence-corrected chi connectivity index (χ1v) is 7.79. The SMILES string of the molecule is Cc1cc(CC(=O)CCCNC(=O)OC(C)(C)C)ccc1Cl. The smallest absolute Gasteiger partial charge is 0.407 e. The lowest BCUT2D eigenvalue weighted by molar-refractivity contribution is -0.118. The maximum absolute atomic E-state index is 11.9. The van der Waals surface area contributed by atoms with E-state index in [1.807, 2.05) is 45.9 Å². The molecule has 122 valence electrons. The second-order valence-corrected chi connectivity index (χ2v) is 6.74. The lowest BCUT2D eigenvalue weighted by Crippen LogP contribution is -2.33. The molecule has 0 aliphatic heterocycles. The number of aryl methyl sites for hydroxylation is 1. The van der Waals surface area contributed by atoms with Gasteiger partial charge in [-0.05, 0) is 51.3 Å². The summed E-state index contributed by atoms with van der Waals surface area (Å²) < 4.78 is 5.12. The fourth-order valence-corrected chi connectivity index (χ4v) is 2.04. The molecule has 0 aromatic heterocycles. The number of halogens is 1. The van der Waals surface area contributed by atoms with Crippen molar-refractivity contribution in [1.82, 2.24) is 5.32 Å². The van der Waals surface area contributed by atoms with Crippen molar-refractivity contribution >= 4 is 23.5 Å². The average molecular weight is 326 g/mol. The molecule has 0 unspecified atom stereocenters. The molecule has 1 amide bonds. The van der Waals surface area contributed by atoms with E-state index >= 15 is 0 Å². The van der Waals surface area contributed by atoms with E-state index in [0.29, 0.717) is 30.8 Å². The molecule has 5 heteroatoms. The molecule has 0 spiro atoms. The number of ketones is 1. The summed E-state index contributed by atoms with van der Waals surface area (Å²) in [6.45, 7) is 7.78. The van der Waals surface area contributed by atoms with Crippen molar-refractivity contribution in [3.8, 4) is 0 Å². The summed E-state index contributed by atoms with van der Waals surface area (Å²) in [7, 11) is 0. The van der Waals surface area contributed by atoms with Crippen LogP contribution >= 0.6 is 11.6 Å². The first kappa shape index (κ1) is 18.5. The van der Waals surface area contributed by atoms with Crippen LogP contribution in [0.3, 0.4) is 0 Å². The molecule has 0 atom stereocenters. The van der Waals surface area contributed by atoms with Crippen molar-refractivity contribution in [3.05, 3.63) is 34.3 Å². The number of nitrogens with one attached hydrogen (secondary N) is 1. The average Bonchev–Trinajstić information content (AvgIpc) is 2.37. The Balaban J connectivity index is 2.26. The minimum absolute atomic E-state index is 0.146. The lowest BCUT2D eigenvalue weighted by Gasteiger charge is -2.19. The Morgan fingerprint density at radius 1 is 1.27 bits per heavy atom. The molecule has 0 fully saturated rings. The van der Waals surface area contributed by atoms with Crippen molar-refractivity contribution in [2.45, 2.75) is 52.6 Å². The monoisotopic (exact) mass is 325 g/mol. The predicted octanol–water partition coefficient (Wildman–Crippen LogP) is 4.06. The van der Waals surface area contributed by atoms with Crippen LogP contribution in [-0.2, 0) is 16.0 Å². The van der Waals surface area contributed by atoms with Gasteiger partial charge in [-0.2, -0.15) is 0 Å². The highest BCUT2D eigenvalue weighted by Crippen LogP contribution is 2.17. The summed E-state index contributed by atoms with van der Waals surface area (Å²) in [5, 5.41) is 3.35. The zero-order chi connectivity index (χ0) is 16.8. The number of rotatable bonds is 6. The van der Waals surface area contributed by atoms with Gasteiger partial charge in [-0.15, -0.1) is 0 Å². The van der Waals surface area contributed by atoms with Gasteiger partial charge in [0, 0.05) is 24.4 Å². The fraction of sp³-hybridized carbons (Fsp3) is 0.529. The number of alkyl carbamates (subject to hydrolysis) is 1. The fourth-order valence-electron chi connectivity index (χ4n) is 1.92. The van der Waals surface area contributed by atoms with Gasteiger partial charge >= 0.3 is 6.09 Å². The molecular weight excluding hydrogens is 302 g/mol. The largest absolute Gasteiger partial charge is 0.444 e. The Labute approximate surface area is 137 Å². The zero-order valence-corrected chi connectivity index (χ0v) is 14.4. The third-order valence-electron chi connectivity index (χ3n) is 2.92. The number of carbonyl (C=O) groups is 2. The Hall–Kier alpha value is -1.55. The zero-order valence-electron chi connectivity index (χ0n) is 13.7.